The third-order valence-corrected chi connectivity index (χ3v) is 4.70. The second kappa shape index (κ2) is 6.30. The van der Waals surface area contributed by atoms with Gasteiger partial charge in [-0.1, -0.05) is 31.5 Å². The molecule has 0 spiro atoms. The maximum Gasteiger partial charge on any atom is 0.244 e. The monoisotopic (exact) mass is 320 g/mol. The summed E-state index contributed by atoms with van der Waals surface area (Å²) >= 11 is 5.89. The molecule has 4 N–H and O–H groups in total. The van der Waals surface area contributed by atoms with Gasteiger partial charge in [0.25, 0.3) is 0 Å². The van der Waals surface area contributed by atoms with Crippen LogP contribution in [0.2, 0.25) is 5.02 Å². The van der Waals surface area contributed by atoms with Crippen LogP contribution in [0.4, 0.5) is 5.69 Å². The third-order valence-electron chi connectivity index (χ3n) is 2.76. The Bertz CT molecular complexity index is 551. The molecule has 0 aliphatic heterocycles. The molecule has 0 aromatic heterocycles. The van der Waals surface area contributed by atoms with E-state index in [-0.39, 0.29) is 28.1 Å². The Morgan fingerprint density at radius 1 is 1.45 bits per heavy atom. The van der Waals surface area contributed by atoms with Crippen molar-refractivity contribution in [2.45, 2.75) is 37.7 Å². The predicted molar refractivity (Wildman–Crippen MR) is 81.1 cm³/mol. The van der Waals surface area contributed by atoms with Gasteiger partial charge in [-0.25, -0.2) is 13.1 Å². The Balaban J connectivity index is 2.92. The minimum absolute atomic E-state index is 0.0565. The largest absolute Gasteiger partial charge is 0.398 e. The highest BCUT2D eigenvalue weighted by molar-refractivity contribution is 7.89. The van der Waals surface area contributed by atoms with Crippen molar-refractivity contribution in [3.05, 3.63) is 23.2 Å². The van der Waals surface area contributed by atoms with Crippen LogP contribution in [0.5, 0.6) is 0 Å². The highest BCUT2D eigenvalue weighted by Crippen LogP contribution is 2.27. The zero-order valence-electron chi connectivity index (χ0n) is 11.9. The van der Waals surface area contributed by atoms with Gasteiger partial charge in [0.15, 0.2) is 0 Å². The summed E-state index contributed by atoms with van der Waals surface area (Å²) in [6.45, 7) is 5.40. The van der Waals surface area contributed by atoms with Crippen LogP contribution >= 0.6 is 11.6 Å². The van der Waals surface area contributed by atoms with Crippen molar-refractivity contribution in [1.29, 1.82) is 0 Å². The van der Waals surface area contributed by atoms with Crippen molar-refractivity contribution in [2.75, 3.05) is 12.3 Å². The van der Waals surface area contributed by atoms with Gasteiger partial charge >= 0.3 is 0 Å². The summed E-state index contributed by atoms with van der Waals surface area (Å²) in [5.41, 5.74) is 4.61. The third kappa shape index (κ3) is 4.63. The summed E-state index contributed by atoms with van der Waals surface area (Å²) in [4.78, 5) is -0.151. The van der Waals surface area contributed by atoms with Crippen LogP contribution in [-0.4, -0.2) is 25.7 Å². The van der Waals surface area contributed by atoms with Gasteiger partial charge in [-0.3, -0.25) is 0 Å². The molecule has 1 aromatic rings. The normalized spacial score (nSPS) is 15.3. The Kier molecular flexibility index (Phi) is 5.43. The van der Waals surface area contributed by atoms with Crippen molar-refractivity contribution in [2.24, 2.45) is 5.92 Å². The van der Waals surface area contributed by atoms with E-state index in [1.165, 1.54) is 12.1 Å². The van der Waals surface area contributed by atoms with Crippen molar-refractivity contribution >= 4 is 27.3 Å². The number of anilines is 1. The number of aliphatic hydroxyl groups is 1. The molecule has 0 fully saturated rings. The lowest BCUT2D eigenvalue weighted by Crippen LogP contribution is -2.41. The number of sulfonamides is 1. The molecule has 7 heteroatoms. The number of rotatable bonds is 6. The molecule has 0 bridgehead atoms. The van der Waals surface area contributed by atoms with Crippen LogP contribution < -0.4 is 10.5 Å². The molecule has 0 saturated heterocycles. The molecule has 0 amide bonds. The zero-order chi connectivity index (χ0) is 15.6. The van der Waals surface area contributed by atoms with Crippen molar-refractivity contribution in [3.8, 4) is 0 Å². The molecule has 0 heterocycles. The highest BCUT2D eigenvalue weighted by Gasteiger charge is 2.27. The second-order valence-electron chi connectivity index (χ2n) is 5.58. The Morgan fingerprint density at radius 3 is 2.55 bits per heavy atom. The molecule has 1 atom stereocenters. The van der Waals surface area contributed by atoms with Crippen LogP contribution in [0.15, 0.2) is 23.1 Å². The molecule has 1 unspecified atom stereocenters. The summed E-state index contributed by atoms with van der Waals surface area (Å²) < 4.78 is 26.8. The fourth-order valence-electron chi connectivity index (χ4n) is 2.08. The average Bonchev–Trinajstić information content (AvgIpc) is 2.24. The number of halogens is 1. The Morgan fingerprint density at radius 2 is 2.05 bits per heavy atom. The Labute approximate surface area is 125 Å². The second-order valence-corrected chi connectivity index (χ2v) is 7.69. The molecule has 0 aliphatic carbocycles. The zero-order valence-corrected chi connectivity index (χ0v) is 13.4. The van der Waals surface area contributed by atoms with Gasteiger partial charge in [-0.2, -0.15) is 0 Å². The summed E-state index contributed by atoms with van der Waals surface area (Å²) in [6, 6.07) is 4.50. The topological polar surface area (TPSA) is 92.4 Å². The first-order valence-corrected chi connectivity index (χ1v) is 8.17. The molecule has 1 aromatic carbocycles. The molecule has 5 nitrogen and oxygen atoms in total. The van der Waals surface area contributed by atoms with E-state index in [1.807, 2.05) is 13.8 Å². The first-order chi connectivity index (χ1) is 9.05. The molecule has 20 heavy (non-hydrogen) atoms. The summed E-state index contributed by atoms with van der Waals surface area (Å²) in [7, 11) is -3.86. The van der Waals surface area contributed by atoms with E-state index >= 15 is 0 Å². The number of benzene rings is 1. The van der Waals surface area contributed by atoms with Crippen molar-refractivity contribution in [1.82, 2.24) is 4.72 Å². The van der Waals surface area contributed by atoms with Gasteiger partial charge in [0.05, 0.1) is 16.3 Å². The quantitative estimate of drug-likeness (QED) is 0.699. The molecular formula is C13H21ClN2O3S. The van der Waals surface area contributed by atoms with E-state index < -0.39 is 15.6 Å². The maximum absolute atomic E-state index is 12.2. The fourth-order valence-corrected chi connectivity index (χ4v) is 3.92. The van der Waals surface area contributed by atoms with E-state index in [1.54, 1.807) is 13.0 Å². The first-order valence-electron chi connectivity index (χ1n) is 6.31. The van der Waals surface area contributed by atoms with Crippen LogP contribution in [-0.2, 0) is 10.0 Å². The van der Waals surface area contributed by atoms with Crippen LogP contribution in [0.3, 0.4) is 0 Å². The van der Waals surface area contributed by atoms with Crippen molar-refractivity contribution in [3.63, 3.8) is 0 Å². The van der Waals surface area contributed by atoms with Gasteiger partial charge in [0.1, 0.15) is 4.90 Å². The SMILES string of the molecule is CC(C)CC(C)(O)CNS(=O)(=O)c1c(N)cccc1Cl. The summed E-state index contributed by atoms with van der Waals surface area (Å²) in [6.07, 6.45) is 0.480. The highest BCUT2D eigenvalue weighted by atomic mass is 35.5. The van der Waals surface area contributed by atoms with E-state index in [2.05, 4.69) is 4.72 Å². The maximum atomic E-state index is 12.2. The van der Waals surface area contributed by atoms with Gasteiger partial charge in [-0.05, 0) is 31.4 Å². The number of nitrogens with one attached hydrogen (secondary N) is 1. The minimum atomic E-state index is -3.86. The molecule has 1 rings (SSSR count). The molecular weight excluding hydrogens is 300 g/mol. The van der Waals surface area contributed by atoms with Crippen LogP contribution in [0.1, 0.15) is 27.2 Å². The fraction of sp³-hybridized carbons (Fsp3) is 0.538. The van der Waals surface area contributed by atoms with E-state index in [4.69, 9.17) is 17.3 Å². The number of nitrogen functional groups attached to an aromatic ring is 1. The number of hydrogen-bond acceptors (Lipinski definition) is 4. The predicted octanol–water partition coefficient (Wildman–Crippen LogP) is 2.00. The van der Waals surface area contributed by atoms with Gasteiger partial charge in [0.2, 0.25) is 10.0 Å². The van der Waals surface area contributed by atoms with Crippen LogP contribution in [0.25, 0.3) is 0 Å². The molecule has 0 radical (unpaired) electrons. The number of hydrogen-bond donors (Lipinski definition) is 3. The minimum Gasteiger partial charge on any atom is -0.398 e. The van der Waals surface area contributed by atoms with Gasteiger partial charge in [0, 0.05) is 6.54 Å². The Hall–Kier alpha value is -0.820. The molecule has 0 saturated carbocycles. The molecule has 0 aliphatic rings. The lowest BCUT2D eigenvalue weighted by Gasteiger charge is -2.25. The standard InChI is InChI=1S/C13H21ClN2O3S/c1-9(2)7-13(3,17)8-16-20(18,19)12-10(14)5-4-6-11(12)15/h4-6,9,16-17H,7-8,15H2,1-3H3. The van der Waals surface area contributed by atoms with E-state index in [0.717, 1.165) is 0 Å². The van der Waals surface area contributed by atoms with Gasteiger partial charge < -0.3 is 10.8 Å². The van der Waals surface area contributed by atoms with E-state index in [0.29, 0.717) is 6.42 Å². The van der Waals surface area contributed by atoms with Crippen molar-refractivity contribution < 1.29 is 13.5 Å². The van der Waals surface area contributed by atoms with E-state index in [9.17, 15) is 13.5 Å². The smallest absolute Gasteiger partial charge is 0.244 e. The first kappa shape index (κ1) is 17.2. The molecule has 114 valence electrons. The summed E-state index contributed by atoms with van der Waals surface area (Å²) in [5, 5.41) is 10.2. The lowest BCUT2D eigenvalue weighted by molar-refractivity contribution is 0.0437. The van der Waals surface area contributed by atoms with Gasteiger partial charge in [-0.15, -0.1) is 0 Å². The van der Waals surface area contributed by atoms with Crippen LogP contribution in [0, 0.1) is 5.92 Å². The number of nitrogens with two attached hydrogens (primary N) is 1. The summed E-state index contributed by atoms with van der Waals surface area (Å²) in [5.74, 6) is 0.250. The lowest BCUT2D eigenvalue weighted by atomic mass is 9.95. The average molecular weight is 321 g/mol.